The third-order valence-electron chi connectivity index (χ3n) is 1.94. The topological polar surface area (TPSA) is 50.5 Å². The summed E-state index contributed by atoms with van der Waals surface area (Å²) in [5, 5.41) is 15.3. The summed E-state index contributed by atoms with van der Waals surface area (Å²) in [6.45, 7) is 4.10. The summed E-state index contributed by atoms with van der Waals surface area (Å²) in [4.78, 5) is 0. The molecule has 0 saturated carbocycles. The Labute approximate surface area is 76.4 Å². The van der Waals surface area contributed by atoms with Crippen molar-refractivity contribution >= 4 is 11.9 Å². The standard InChI is InChI=1S/C9H9N4/c1-9(2)6-12-13-8(9)7-3-4-10-11-5-7/h3-4,6H,1-2H3. The number of hydrogen-bond acceptors (Lipinski definition) is 4. The van der Waals surface area contributed by atoms with Crippen LogP contribution < -0.4 is 0 Å². The highest BCUT2D eigenvalue weighted by atomic mass is 15.2. The summed E-state index contributed by atoms with van der Waals surface area (Å²) >= 11 is 0. The van der Waals surface area contributed by atoms with Gasteiger partial charge in [-0.1, -0.05) is 0 Å². The predicted molar refractivity (Wildman–Crippen MR) is 49.7 cm³/mol. The van der Waals surface area contributed by atoms with Crippen molar-refractivity contribution in [3.63, 3.8) is 0 Å². The average molecular weight is 173 g/mol. The molecule has 13 heavy (non-hydrogen) atoms. The summed E-state index contributed by atoms with van der Waals surface area (Å²) in [6.07, 6.45) is 6.24. The van der Waals surface area contributed by atoms with Crippen LogP contribution in [0.1, 0.15) is 19.4 Å². The normalized spacial score (nSPS) is 18.8. The van der Waals surface area contributed by atoms with E-state index in [1.54, 1.807) is 6.20 Å². The van der Waals surface area contributed by atoms with Crippen LogP contribution in [0.25, 0.3) is 0 Å². The van der Waals surface area contributed by atoms with Crippen molar-refractivity contribution in [1.29, 1.82) is 0 Å². The number of hydrogen-bond donors (Lipinski definition) is 0. The molecule has 0 amide bonds. The number of nitrogens with zero attached hydrogens (tertiary/aromatic N) is 4. The number of rotatable bonds is 1. The fourth-order valence-electron chi connectivity index (χ4n) is 1.21. The molecule has 0 aromatic carbocycles. The Kier molecular flexibility index (Phi) is 1.69. The Balaban J connectivity index is 2.40. The van der Waals surface area contributed by atoms with Crippen molar-refractivity contribution in [2.24, 2.45) is 15.6 Å². The van der Waals surface area contributed by atoms with Crippen molar-refractivity contribution in [1.82, 2.24) is 10.2 Å². The molecule has 1 aromatic heterocycles. The molecule has 0 N–H and O–H groups in total. The number of aromatic nitrogens is 2. The van der Waals surface area contributed by atoms with Crippen LogP contribution in [-0.2, 0) is 0 Å². The van der Waals surface area contributed by atoms with Crippen molar-refractivity contribution in [3.8, 4) is 0 Å². The average Bonchev–Trinajstić information content (AvgIpc) is 2.47. The van der Waals surface area contributed by atoms with Crippen LogP contribution in [0.4, 0.5) is 0 Å². The van der Waals surface area contributed by atoms with Crippen LogP contribution in [0.3, 0.4) is 0 Å². The molecule has 0 fully saturated rings. The summed E-state index contributed by atoms with van der Waals surface area (Å²) in [5.41, 5.74) is 1.62. The lowest BCUT2D eigenvalue weighted by Crippen LogP contribution is -2.23. The Morgan fingerprint density at radius 2 is 2.23 bits per heavy atom. The first-order valence-corrected chi connectivity index (χ1v) is 4.02. The molecule has 4 heteroatoms. The maximum atomic E-state index is 4.05. The minimum Gasteiger partial charge on any atom is -0.162 e. The summed E-state index contributed by atoms with van der Waals surface area (Å²) < 4.78 is 0. The van der Waals surface area contributed by atoms with Gasteiger partial charge in [0, 0.05) is 17.2 Å². The lowest BCUT2D eigenvalue weighted by atomic mass is 9.86. The Hall–Kier alpha value is -1.58. The molecule has 0 bridgehead atoms. The minimum atomic E-state index is -0.125. The van der Waals surface area contributed by atoms with Gasteiger partial charge in [-0.15, -0.1) is 5.10 Å². The third-order valence-corrected chi connectivity index (χ3v) is 1.94. The third kappa shape index (κ3) is 1.35. The van der Waals surface area contributed by atoms with Crippen molar-refractivity contribution in [2.75, 3.05) is 0 Å². The van der Waals surface area contributed by atoms with E-state index in [9.17, 15) is 0 Å². The van der Waals surface area contributed by atoms with E-state index >= 15 is 0 Å². The van der Waals surface area contributed by atoms with Crippen LogP contribution in [0.15, 0.2) is 22.5 Å². The first kappa shape index (κ1) is 8.04. The van der Waals surface area contributed by atoms with Crippen LogP contribution in [0.2, 0.25) is 0 Å². The Bertz CT molecular complexity index is 364. The molecule has 2 rings (SSSR count). The van der Waals surface area contributed by atoms with Gasteiger partial charge in [-0.3, -0.25) is 0 Å². The van der Waals surface area contributed by atoms with Gasteiger partial charge in [-0.05, 0) is 19.9 Å². The van der Waals surface area contributed by atoms with E-state index in [0.29, 0.717) is 0 Å². The van der Waals surface area contributed by atoms with Gasteiger partial charge in [0.05, 0.1) is 11.9 Å². The van der Waals surface area contributed by atoms with Crippen LogP contribution in [0.5, 0.6) is 0 Å². The van der Waals surface area contributed by atoms with Gasteiger partial charge in [0.15, 0.2) is 0 Å². The Morgan fingerprint density at radius 3 is 2.77 bits per heavy atom. The zero-order valence-corrected chi connectivity index (χ0v) is 7.52. The molecule has 65 valence electrons. The Morgan fingerprint density at radius 1 is 1.38 bits per heavy atom. The minimum absolute atomic E-state index is 0.125. The van der Waals surface area contributed by atoms with Gasteiger partial charge in [0.2, 0.25) is 0 Å². The SMILES string of the molecule is CC1(C)C=NN=C1c1[c]nncc1. The second-order valence-corrected chi connectivity index (χ2v) is 3.47. The molecule has 0 atom stereocenters. The lowest BCUT2D eigenvalue weighted by Gasteiger charge is -2.15. The largest absolute Gasteiger partial charge is 0.162 e. The molecule has 1 aliphatic heterocycles. The maximum Gasteiger partial charge on any atom is 0.123 e. The first-order valence-electron chi connectivity index (χ1n) is 4.02. The van der Waals surface area contributed by atoms with E-state index in [-0.39, 0.29) is 5.41 Å². The fourth-order valence-corrected chi connectivity index (χ4v) is 1.21. The first-order chi connectivity index (χ1) is 6.20. The van der Waals surface area contributed by atoms with Crippen molar-refractivity contribution in [3.05, 3.63) is 24.0 Å². The van der Waals surface area contributed by atoms with Crippen LogP contribution >= 0.6 is 0 Å². The highest BCUT2D eigenvalue weighted by Crippen LogP contribution is 2.23. The molecular weight excluding hydrogens is 164 g/mol. The van der Waals surface area contributed by atoms with Gasteiger partial charge in [-0.25, -0.2) is 0 Å². The predicted octanol–water partition coefficient (Wildman–Crippen LogP) is 1.09. The van der Waals surface area contributed by atoms with Gasteiger partial charge in [0.1, 0.15) is 6.20 Å². The molecule has 0 spiro atoms. The van der Waals surface area contributed by atoms with E-state index < -0.39 is 0 Å². The maximum absolute atomic E-state index is 4.05. The molecule has 4 nitrogen and oxygen atoms in total. The molecule has 2 heterocycles. The second kappa shape index (κ2) is 2.73. The smallest absolute Gasteiger partial charge is 0.123 e. The molecule has 0 aliphatic carbocycles. The summed E-state index contributed by atoms with van der Waals surface area (Å²) in [6, 6.07) is 1.84. The quantitative estimate of drug-likeness (QED) is 0.638. The van der Waals surface area contributed by atoms with E-state index in [2.05, 4.69) is 40.4 Å². The monoisotopic (exact) mass is 173 g/mol. The van der Waals surface area contributed by atoms with Crippen molar-refractivity contribution in [2.45, 2.75) is 13.8 Å². The molecule has 0 saturated heterocycles. The zero-order chi connectivity index (χ0) is 9.31. The molecule has 1 aliphatic rings. The molecular formula is C9H9N4. The summed E-state index contributed by atoms with van der Waals surface area (Å²) in [5.74, 6) is 0. The molecule has 1 aromatic rings. The van der Waals surface area contributed by atoms with E-state index in [0.717, 1.165) is 11.3 Å². The van der Waals surface area contributed by atoms with Crippen LogP contribution in [0, 0.1) is 11.6 Å². The summed E-state index contributed by atoms with van der Waals surface area (Å²) in [7, 11) is 0. The second-order valence-electron chi connectivity index (χ2n) is 3.47. The van der Waals surface area contributed by atoms with Gasteiger partial charge in [0.25, 0.3) is 0 Å². The zero-order valence-electron chi connectivity index (χ0n) is 7.52. The van der Waals surface area contributed by atoms with E-state index in [4.69, 9.17) is 0 Å². The van der Waals surface area contributed by atoms with Gasteiger partial charge < -0.3 is 0 Å². The van der Waals surface area contributed by atoms with Crippen LogP contribution in [-0.4, -0.2) is 22.1 Å². The van der Waals surface area contributed by atoms with Crippen molar-refractivity contribution < 1.29 is 0 Å². The van der Waals surface area contributed by atoms with Gasteiger partial charge >= 0.3 is 0 Å². The molecule has 1 radical (unpaired) electrons. The van der Waals surface area contributed by atoms with E-state index in [1.807, 2.05) is 12.3 Å². The molecule has 0 unspecified atom stereocenters. The van der Waals surface area contributed by atoms with E-state index in [1.165, 1.54) is 0 Å². The fraction of sp³-hybridized carbons (Fsp3) is 0.333. The highest BCUT2D eigenvalue weighted by molar-refractivity contribution is 6.14. The lowest BCUT2D eigenvalue weighted by molar-refractivity contribution is 0.760. The van der Waals surface area contributed by atoms with Gasteiger partial charge in [-0.2, -0.15) is 15.3 Å². The highest BCUT2D eigenvalue weighted by Gasteiger charge is 2.28.